The molecule has 116 valence electrons. The summed E-state index contributed by atoms with van der Waals surface area (Å²) >= 11 is 0. The minimum absolute atomic E-state index is 0.114. The Morgan fingerprint density at radius 3 is 2.48 bits per heavy atom. The summed E-state index contributed by atoms with van der Waals surface area (Å²) in [4.78, 5) is 14.8. The molecular formula is C17H25NO3. The molecule has 0 aromatic carbocycles. The lowest BCUT2D eigenvalue weighted by molar-refractivity contribution is -0.177. The van der Waals surface area contributed by atoms with E-state index in [1.165, 1.54) is 0 Å². The van der Waals surface area contributed by atoms with E-state index in [-0.39, 0.29) is 12.0 Å². The second-order valence-corrected chi connectivity index (χ2v) is 6.53. The number of carbonyl (C=O) groups excluding carboxylic acids is 1. The molecule has 3 aliphatic rings. The predicted octanol–water partition coefficient (Wildman–Crippen LogP) is 1.59. The van der Waals surface area contributed by atoms with Crippen LogP contribution in [0.1, 0.15) is 33.6 Å². The van der Waals surface area contributed by atoms with Crippen LogP contribution in [-0.4, -0.2) is 47.3 Å². The van der Waals surface area contributed by atoms with E-state index in [2.05, 4.69) is 23.3 Å². The van der Waals surface area contributed by atoms with Crippen molar-refractivity contribution in [3.8, 4) is 11.8 Å². The number of allylic oxidation sites excluding steroid dienone is 1. The van der Waals surface area contributed by atoms with Crippen molar-refractivity contribution < 1.29 is 14.6 Å². The summed E-state index contributed by atoms with van der Waals surface area (Å²) in [5.74, 6) is 4.83. The fourth-order valence-electron chi connectivity index (χ4n) is 2.90. The second-order valence-electron chi connectivity index (χ2n) is 6.53. The first-order chi connectivity index (χ1) is 9.83. The molecular weight excluding hydrogens is 266 g/mol. The van der Waals surface area contributed by atoms with Crippen molar-refractivity contribution in [3.63, 3.8) is 0 Å². The van der Waals surface area contributed by atoms with Crippen LogP contribution in [0.4, 0.5) is 0 Å². The Bertz CT molecular complexity index is 480. The highest BCUT2D eigenvalue weighted by molar-refractivity contribution is 5.84. The minimum Gasteiger partial charge on any atom is -0.458 e. The van der Waals surface area contributed by atoms with Crippen LogP contribution in [0.2, 0.25) is 0 Å². The van der Waals surface area contributed by atoms with E-state index in [9.17, 15) is 9.90 Å². The average molecular weight is 291 g/mol. The summed E-state index contributed by atoms with van der Waals surface area (Å²) < 4.78 is 5.62. The fraction of sp³-hybridized carbons (Fsp3) is 0.706. The molecule has 0 saturated carbocycles. The number of esters is 1. The Morgan fingerprint density at radius 1 is 1.43 bits per heavy atom. The van der Waals surface area contributed by atoms with Crippen molar-refractivity contribution in [1.82, 2.24) is 4.90 Å². The van der Waals surface area contributed by atoms with Gasteiger partial charge in [-0.05, 0) is 44.3 Å². The molecule has 4 nitrogen and oxygen atoms in total. The van der Waals surface area contributed by atoms with Crippen LogP contribution in [0, 0.1) is 23.7 Å². The third-order valence-electron chi connectivity index (χ3n) is 4.47. The zero-order valence-corrected chi connectivity index (χ0v) is 13.2. The van der Waals surface area contributed by atoms with E-state index in [0.717, 1.165) is 32.5 Å². The number of aliphatic hydroxyl groups is 1. The monoisotopic (exact) mass is 291 g/mol. The summed E-state index contributed by atoms with van der Waals surface area (Å²) in [5, 5.41) is 10.6. The zero-order chi connectivity index (χ0) is 15.6. The number of ether oxygens (including phenoxy) is 1. The topological polar surface area (TPSA) is 49.8 Å². The molecule has 3 fully saturated rings. The molecule has 0 amide bonds. The van der Waals surface area contributed by atoms with Gasteiger partial charge in [0.1, 0.15) is 6.10 Å². The fourth-order valence-corrected chi connectivity index (χ4v) is 2.90. The zero-order valence-electron chi connectivity index (χ0n) is 13.2. The maximum absolute atomic E-state index is 12.4. The van der Waals surface area contributed by atoms with Gasteiger partial charge in [0.2, 0.25) is 5.60 Å². The van der Waals surface area contributed by atoms with Gasteiger partial charge >= 0.3 is 5.97 Å². The Hall–Kier alpha value is -1.31. The average Bonchev–Trinajstić information content (AvgIpc) is 2.45. The first-order valence-electron chi connectivity index (χ1n) is 7.67. The molecule has 0 aliphatic carbocycles. The van der Waals surface area contributed by atoms with Crippen molar-refractivity contribution in [1.29, 1.82) is 0 Å². The van der Waals surface area contributed by atoms with Crippen molar-refractivity contribution >= 4 is 5.97 Å². The number of rotatable bonds is 3. The van der Waals surface area contributed by atoms with E-state index in [1.807, 2.05) is 0 Å². The van der Waals surface area contributed by atoms with E-state index in [1.54, 1.807) is 20.8 Å². The van der Waals surface area contributed by atoms with Gasteiger partial charge in [-0.2, -0.15) is 0 Å². The van der Waals surface area contributed by atoms with Gasteiger partial charge in [0.25, 0.3) is 0 Å². The van der Waals surface area contributed by atoms with Crippen LogP contribution in [0.3, 0.4) is 0 Å². The van der Waals surface area contributed by atoms with Crippen LogP contribution in [0.25, 0.3) is 0 Å². The molecule has 3 aliphatic heterocycles. The van der Waals surface area contributed by atoms with Crippen LogP contribution < -0.4 is 0 Å². The van der Waals surface area contributed by atoms with Crippen LogP contribution in [0.15, 0.2) is 12.2 Å². The maximum atomic E-state index is 12.4. The molecule has 0 radical (unpaired) electrons. The second kappa shape index (κ2) is 6.21. The van der Waals surface area contributed by atoms with Gasteiger partial charge in [0, 0.05) is 12.5 Å². The highest BCUT2D eigenvalue weighted by Gasteiger charge is 2.44. The third kappa shape index (κ3) is 3.48. The van der Waals surface area contributed by atoms with Crippen LogP contribution in [0.5, 0.6) is 0 Å². The Kier molecular flexibility index (Phi) is 4.75. The van der Waals surface area contributed by atoms with Gasteiger partial charge in [0.15, 0.2) is 0 Å². The van der Waals surface area contributed by atoms with E-state index in [4.69, 9.17) is 4.74 Å². The minimum atomic E-state index is -1.76. The van der Waals surface area contributed by atoms with Crippen molar-refractivity contribution in [2.24, 2.45) is 11.8 Å². The van der Waals surface area contributed by atoms with Crippen molar-refractivity contribution in [2.75, 3.05) is 19.6 Å². The lowest BCUT2D eigenvalue weighted by Crippen LogP contribution is -2.54. The van der Waals surface area contributed by atoms with Crippen molar-refractivity contribution in [2.45, 2.75) is 45.3 Å². The van der Waals surface area contributed by atoms with Gasteiger partial charge in [-0.3, -0.25) is 4.90 Å². The number of fused-ring (bicyclic) bond motifs is 3. The van der Waals surface area contributed by atoms with Gasteiger partial charge < -0.3 is 9.84 Å². The Labute approximate surface area is 127 Å². The largest absolute Gasteiger partial charge is 0.458 e. The summed E-state index contributed by atoms with van der Waals surface area (Å²) in [6, 6.07) is 0. The van der Waals surface area contributed by atoms with Crippen LogP contribution >= 0.6 is 0 Å². The highest BCUT2D eigenvalue weighted by atomic mass is 16.6. The number of hydrogen-bond acceptors (Lipinski definition) is 4. The highest BCUT2D eigenvalue weighted by Crippen LogP contribution is 2.31. The molecule has 2 atom stereocenters. The van der Waals surface area contributed by atoms with Gasteiger partial charge in [-0.15, -0.1) is 0 Å². The Balaban J connectivity index is 2.09. The molecule has 3 heterocycles. The first-order valence-corrected chi connectivity index (χ1v) is 7.67. The molecule has 1 N–H and O–H groups in total. The molecule has 2 bridgehead atoms. The van der Waals surface area contributed by atoms with Crippen molar-refractivity contribution in [3.05, 3.63) is 12.2 Å². The number of nitrogens with zero attached hydrogens (tertiary/aromatic N) is 1. The predicted molar refractivity (Wildman–Crippen MR) is 81.4 cm³/mol. The number of hydrogen-bond donors (Lipinski definition) is 1. The normalized spacial score (nSPS) is 30.2. The number of piperidine rings is 3. The first kappa shape index (κ1) is 16.1. The number of carbonyl (C=O) groups is 1. The summed E-state index contributed by atoms with van der Waals surface area (Å²) in [7, 11) is 0. The van der Waals surface area contributed by atoms with Gasteiger partial charge in [0.05, 0.1) is 0 Å². The molecule has 4 heteroatoms. The van der Waals surface area contributed by atoms with E-state index < -0.39 is 11.6 Å². The summed E-state index contributed by atoms with van der Waals surface area (Å²) in [5.41, 5.74) is -1.14. The molecule has 0 unspecified atom stereocenters. The summed E-state index contributed by atoms with van der Waals surface area (Å²) in [6.45, 7) is 11.9. The standard InChI is InChI=1S/C17H25NO3/c1-12(2)5-8-17(20,13(3)4)16(19)21-15-11-18-9-6-14(15)7-10-18/h13-15,20H,1,6-7,9-11H2,2-4H3/t15-,17-/m0/s1. The maximum Gasteiger partial charge on any atom is 0.351 e. The molecule has 0 aromatic rings. The lowest BCUT2D eigenvalue weighted by atomic mass is 9.85. The Morgan fingerprint density at radius 2 is 2.05 bits per heavy atom. The quantitative estimate of drug-likeness (QED) is 0.634. The molecule has 21 heavy (non-hydrogen) atoms. The lowest BCUT2D eigenvalue weighted by Gasteiger charge is -2.44. The SMILES string of the molecule is C=C(C)C#C[C@@](O)(C(=O)O[C@H]1CN2CCC1CC2)C(C)C. The van der Waals surface area contributed by atoms with E-state index in [0.29, 0.717) is 11.5 Å². The van der Waals surface area contributed by atoms with E-state index >= 15 is 0 Å². The van der Waals surface area contributed by atoms with Gasteiger partial charge in [-0.1, -0.05) is 32.3 Å². The molecule has 0 aromatic heterocycles. The van der Waals surface area contributed by atoms with Crippen LogP contribution in [-0.2, 0) is 9.53 Å². The molecule has 0 spiro atoms. The smallest absolute Gasteiger partial charge is 0.351 e. The molecule has 3 saturated heterocycles. The summed E-state index contributed by atoms with van der Waals surface area (Å²) in [6.07, 6.45) is 2.02. The third-order valence-corrected chi connectivity index (χ3v) is 4.47. The molecule has 3 rings (SSSR count). The van der Waals surface area contributed by atoms with Gasteiger partial charge in [-0.25, -0.2) is 4.79 Å².